The Bertz CT molecular complexity index is 412. The number of benzene rings is 1. The molecule has 2 atom stereocenters. The van der Waals surface area contributed by atoms with Gasteiger partial charge in [0, 0.05) is 19.1 Å². The minimum atomic E-state index is 0.00310. The second-order valence-corrected chi connectivity index (χ2v) is 5.55. The Morgan fingerprint density at radius 3 is 2.65 bits per heavy atom. The Morgan fingerprint density at radius 1 is 1.35 bits per heavy atom. The van der Waals surface area contributed by atoms with E-state index in [9.17, 15) is 4.79 Å². The third-order valence-corrected chi connectivity index (χ3v) is 4.13. The number of carbonyl (C=O) groups is 1. The molecule has 0 saturated carbocycles. The SMILES string of the molecule is CCCN(C(=O)C(CC)c1ccccc1)C1CCNC1. The lowest BCUT2D eigenvalue weighted by molar-refractivity contribution is -0.135. The highest BCUT2D eigenvalue weighted by molar-refractivity contribution is 5.84. The molecule has 110 valence electrons. The average Bonchev–Trinajstić information content (AvgIpc) is 3.00. The lowest BCUT2D eigenvalue weighted by Crippen LogP contribution is -2.44. The molecule has 0 spiro atoms. The van der Waals surface area contributed by atoms with Crippen LogP contribution in [-0.2, 0) is 4.79 Å². The molecular formula is C17H26N2O. The predicted molar refractivity (Wildman–Crippen MR) is 82.8 cm³/mol. The molecule has 0 bridgehead atoms. The fraction of sp³-hybridized carbons (Fsp3) is 0.588. The maximum atomic E-state index is 13.0. The largest absolute Gasteiger partial charge is 0.338 e. The number of nitrogens with zero attached hydrogens (tertiary/aromatic N) is 1. The summed E-state index contributed by atoms with van der Waals surface area (Å²) in [5.41, 5.74) is 1.15. The quantitative estimate of drug-likeness (QED) is 0.865. The Kier molecular flexibility index (Phi) is 5.60. The summed E-state index contributed by atoms with van der Waals surface area (Å²) in [6.07, 6.45) is 2.97. The number of rotatable bonds is 6. The summed E-state index contributed by atoms with van der Waals surface area (Å²) in [6.45, 7) is 7.09. The molecule has 1 aromatic carbocycles. The first kappa shape index (κ1) is 15.0. The van der Waals surface area contributed by atoms with Gasteiger partial charge in [0.15, 0.2) is 0 Å². The number of nitrogens with one attached hydrogen (secondary N) is 1. The normalized spacial score (nSPS) is 19.8. The van der Waals surface area contributed by atoms with Crippen LogP contribution in [0.4, 0.5) is 0 Å². The lowest BCUT2D eigenvalue weighted by atomic mass is 9.94. The number of hydrogen-bond acceptors (Lipinski definition) is 2. The number of amides is 1. The van der Waals surface area contributed by atoms with Crippen LogP contribution in [0.2, 0.25) is 0 Å². The summed E-state index contributed by atoms with van der Waals surface area (Å²) in [6, 6.07) is 10.6. The van der Waals surface area contributed by atoms with Crippen LogP contribution in [0.15, 0.2) is 30.3 Å². The van der Waals surface area contributed by atoms with Crippen molar-refractivity contribution >= 4 is 5.91 Å². The van der Waals surface area contributed by atoms with Crippen molar-refractivity contribution < 1.29 is 4.79 Å². The summed E-state index contributed by atoms with van der Waals surface area (Å²) in [5, 5.41) is 3.37. The van der Waals surface area contributed by atoms with Crippen LogP contribution >= 0.6 is 0 Å². The molecule has 1 saturated heterocycles. The zero-order valence-electron chi connectivity index (χ0n) is 12.6. The third kappa shape index (κ3) is 3.40. The molecule has 1 N–H and O–H groups in total. The molecule has 0 aliphatic carbocycles. The van der Waals surface area contributed by atoms with Crippen LogP contribution in [0.1, 0.15) is 44.6 Å². The van der Waals surface area contributed by atoms with E-state index < -0.39 is 0 Å². The van der Waals surface area contributed by atoms with E-state index in [0.29, 0.717) is 11.9 Å². The first-order valence-electron chi connectivity index (χ1n) is 7.84. The van der Waals surface area contributed by atoms with E-state index in [2.05, 4.69) is 36.2 Å². The van der Waals surface area contributed by atoms with Gasteiger partial charge in [0.05, 0.1) is 5.92 Å². The van der Waals surface area contributed by atoms with E-state index in [1.54, 1.807) is 0 Å². The van der Waals surface area contributed by atoms with Crippen molar-refractivity contribution in [1.29, 1.82) is 0 Å². The summed E-state index contributed by atoms with van der Waals surface area (Å²) in [5.74, 6) is 0.303. The van der Waals surface area contributed by atoms with Crippen LogP contribution < -0.4 is 5.32 Å². The predicted octanol–water partition coefficient (Wildman–Crippen LogP) is 2.78. The van der Waals surface area contributed by atoms with E-state index in [4.69, 9.17) is 0 Å². The first-order valence-corrected chi connectivity index (χ1v) is 7.84. The van der Waals surface area contributed by atoms with E-state index in [0.717, 1.165) is 44.5 Å². The summed E-state index contributed by atoms with van der Waals surface area (Å²) in [7, 11) is 0. The summed E-state index contributed by atoms with van der Waals surface area (Å²) in [4.78, 5) is 15.1. The van der Waals surface area contributed by atoms with Crippen molar-refractivity contribution in [2.75, 3.05) is 19.6 Å². The van der Waals surface area contributed by atoms with E-state index in [-0.39, 0.29) is 5.92 Å². The van der Waals surface area contributed by atoms with Crippen LogP contribution in [0.3, 0.4) is 0 Å². The van der Waals surface area contributed by atoms with Crippen LogP contribution in [0.5, 0.6) is 0 Å². The lowest BCUT2D eigenvalue weighted by Gasteiger charge is -2.31. The van der Waals surface area contributed by atoms with Crippen LogP contribution in [-0.4, -0.2) is 36.5 Å². The molecule has 3 nitrogen and oxygen atoms in total. The van der Waals surface area contributed by atoms with Crippen molar-refractivity contribution in [3.8, 4) is 0 Å². The van der Waals surface area contributed by atoms with Crippen molar-refractivity contribution in [3.63, 3.8) is 0 Å². The molecule has 1 aliphatic rings. The van der Waals surface area contributed by atoms with Crippen LogP contribution in [0.25, 0.3) is 0 Å². The molecule has 1 heterocycles. The Morgan fingerprint density at radius 2 is 2.10 bits per heavy atom. The van der Waals surface area contributed by atoms with Gasteiger partial charge in [0.1, 0.15) is 0 Å². The highest BCUT2D eigenvalue weighted by atomic mass is 16.2. The van der Waals surface area contributed by atoms with E-state index in [1.165, 1.54) is 0 Å². The van der Waals surface area contributed by atoms with Crippen molar-refractivity contribution in [3.05, 3.63) is 35.9 Å². The highest BCUT2D eigenvalue weighted by Gasteiger charge is 2.30. The number of carbonyl (C=O) groups excluding carboxylic acids is 1. The van der Waals surface area contributed by atoms with Crippen molar-refractivity contribution in [2.45, 2.75) is 45.1 Å². The average molecular weight is 274 g/mol. The minimum Gasteiger partial charge on any atom is -0.338 e. The molecule has 0 aromatic heterocycles. The van der Waals surface area contributed by atoms with Gasteiger partial charge in [-0.3, -0.25) is 4.79 Å². The molecule has 2 rings (SSSR count). The maximum absolute atomic E-state index is 13.0. The minimum absolute atomic E-state index is 0.00310. The van der Waals surface area contributed by atoms with Crippen molar-refractivity contribution in [2.24, 2.45) is 0 Å². The smallest absolute Gasteiger partial charge is 0.230 e. The first-order chi connectivity index (χ1) is 9.77. The monoisotopic (exact) mass is 274 g/mol. The van der Waals surface area contributed by atoms with Gasteiger partial charge in [-0.05, 0) is 31.4 Å². The van der Waals surface area contributed by atoms with E-state index >= 15 is 0 Å². The Labute approximate surface area is 122 Å². The molecular weight excluding hydrogens is 248 g/mol. The van der Waals surface area contributed by atoms with Crippen LogP contribution in [0, 0.1) is 0 Å². The standard InChI is InChI=1S/C17H26N2O/c1-3-12-19(15-10-11-18-13-15)17(20)16(4-2)14-8-6-5-7-9-14/h5-9,15-16,18H,3-4,10-13H2,1-2H3. The second-order valence-electron chi connectivity index (χ2n) is 5.55. The highest BCUT2D eigenvalue weighted by Crippen LogP contribution is 2.24. The molecule has 20 heavy (non-hydrogen) atoms. The van der Waals surface area contributed by atoms with Gasteiger partial charge in [-0.2, -0.15) is 0 Å². The van der Waals surface area contributed by atoms with E-state index in [1.807, 2.05) is 18.2 Å². The Hall–Kier alpha value is -1.35. The van der Waals surface area contributed by atoms with Gasteiger partial charge in [0.2, 0.25) is 5.91 Å². The second kappa shape index (κ2) is 7.44. The molecule has 2 unspecified atom stereocenters. The van der Waals surface area contributed by atoms with Gasteiger partial charge in [-0.1, -0.05) is 44.2 Å². The van der Waals surface area contributed by atoms with Gasteiger partial charge >= 0.3 is 0 Å². The summed E-state index contributed by atoms with van der Waals surface area (Å²) < 4.78 is 0. The Balaban J connectivity index is 2.16. The van der Waals surface area contributed by atoms with Crippen molar-refractivity contribution in [1.82, 2.24) is 10.2 Å². The molecule has 0 radical (unpaired) electrons. The molecule has 1 aromatic rings. The number of hydrogen-bond donors (Lipinski definition) is 1. The molecule has 3 heteroatoms. The zero-order chi connectivity index (χ0) is 14.4. The fourth-order valence-corrected chi connectivity index (χ4v) is 3.06. The molecule has 1 aliphatic heterocycles. The fourth-order valence-electron chi connectivity index (χ4n) is 3.06. The van der Waals surface area contributed by atoms with Gasteiger partial charge in [-0.25, -0.2) is 0 Å². The zero-order valence-corrected chi connectivity index (χ0v) is 12.6. The molecule has 1 fully saturated rings. The van der Waals surface area contributed by atoms with Gasteiger partial charge in [0.25, 0.3) is 0 Å². The van der Waals surface area contributed by atoms with Gasteiger partial charge < -0.3 is 10.2 Å². The third-order valence-electron chi connectivity index (χ3n) is 4.13. The molecule has 1 amide bonds. The maximum Gasteiger partial charge on any atom is 0.230 e. The van der Waals surface area contributed by atoms with Gasteiger partial charge in [-0.15, -0.1) is 0 Å². The topological polar surface area (TPSA) is 32.3 Å². The summed E-state index contributed by atoms with van der Waals surface area (Å²) >= 11 is 0.